The summed E-state index contributed by atoms with van der Waals surface area (Å²) in [7, 11) is 0. The fraction of sp³-hybridized carbons (Fsp3) is 0.333. The van der Waals surface area contributed by atoms with Gasteiger partial charge in [0, 0.05) is 49.2 Å². The number of ether oxygens (including phenoxy) is 1. The van der Waals surface area contributed by atoms with E-state index < -0.39 is 11.9 Å². The van der Waals surface area contributed by atoms with Gasteiger partial charge in [-0.15, -0.1) is 0 Å². The molecule has 1 aliphatic rings. The standard InChI is InChI=1S/C24H25ClFN3O4/c25-21-6-5-17(11-22(21)26)33-16-7-9-29(10-8-16)14-15(30)12-27-24(32)20-13-28-23(31)19-4-2-1-3-18(19)20/h1-6,11,13,15-16,30H,7-10,12,14H2,(H,27,32)(H,28,31)/t15-/m1/s1. The van der Waals surface area contributed by atoms with E-state index in [0.29, 0.717) is 28.6 Å². The lowest BCUT2D eigenvalue weighted by atomic mass is 10.1. The molecular formula is C24H25ClFN3O4. The number of H-pyrrole nitrogens is 1. The number of hydrogen-bond donors (Lipinski definition) is 3. The Bertz CT molecular complexity index is 1190. The van der Waals surface area contributed by atoms with Gasteiger partial charge in [-0.25, -0.2) is 4.39 Å². The highest BCUT2D eigenvalue weighted by atomic mass is 35.5. The van der Waals surface area contributed by atoms with E-state index in [0.717, 1.165) is 25.9 Å². The second-order valence-electron chi connectivity index (χ2n) is 8.13. The van der Waals surface area contributed by atoms with Crippen molar-refractivity contribution < 1.29 is 19.0 Å². The topological polar surface area (TPSA) is 94.7 Å². The molecule has 174 valence electrons. The first-order valence-electron chi connectivity index (χ1n) is 10.8. The molecule has 1 fully saturated rings. The number of nitrogens with one attached hydrogen (secondary N) is 2. The molecule has 2 heterocycles. The van der Waals surface area contributed by atoms with Crippen LogP contribution in [0, 0.1) is 5.82 Å². The number of halogens is 2. The Balaban J connectivity index is 1.24. The number of carbonyl (C=O) groups excluding carboxylic acids is 1. The van der Waals surface area contributed by atoms with E-state index >= 15 is 0 Å². The monoisotopic (exact) mass is 473 g/mol. The average molecular weight is 474 g/mol. The second kappa shape index (κ2) is 10.3. The van der Waals surface area contributed by atoms with Gasteiger partial charge in [0.25, 0.3) is 11.5 Å². The molecule has 1 aliphatic heterocycles. The summed E-state index contributed by atoms with van der Waals surface area (Å²) >= 11 is 5.70. The number of rotatable bonds is 7. The molecule has 33 heavy (non-hydrogen) atoms. The first kappa shape index (κ1) is 23.2. The van der Waals surface area contributed by atoms with E-state index in [2.05, 4.69) is 15.2 Å². The molecule has 2 aromatic carbocycles. The van der Waals surface area contributed by atoms with Crippen LogP contribution in [0.15, 0.2) is 53.5 Å². The summed E-state index contributed by atoms with van der Waals surface area (Å²) < 4.78 is 19.4. The number of fused-ring (bicyclic) bond motifs is 1. The van der Waals surface area contributed by atoms with Gasteiger partial charge in [0.15, 0.2) is 0 Å². The molecule has 0 bridgehead atoms. The number of aromatic nitrogens is 1. The number of likely N-dealkylation sites (tertiary alicyclic amines) is 1. The summed E-state index contributed by atoms with van der Waals surface area (Å²) in [6.07, 6.45) is 2.10. The molecule has 0 spiro atoms. The number of aromatic amines is 1. The molecule has 4 rings (SSSR count). The van der Waals surface area contributed by atoms with Gasteiger partial charge in [-0.1, -0.05) is 29.8 Å². The first-order valence-corrected chi connectivity index (χ1v) is 11.2. The largest absolute Gasteiger partial charge is 0.490 e. The number of carbonyl (C=O) groups is 1. The van der Waals surface area contributed by atoms with Crippen LogP contribution < -0.4 is 15.6 Å². The fourth-order valence-electron chi connectivity index (χ4n) is 4.02. The fourth-order valence-corrected chi connectivity index (χ4v) is 4.14. The van der Waals surface area contributed by atoms with Crippen molar-refractivity contribution >= 4 is 28.3 Å². The number of aliphatic hydroxyl groups excluding tert-OH is 1. The molecule has 1 aromatic heterocycles. The van der Waals surface area contributed by atoms with Crippen molar-refractivity contribution in [2.45, 2.75) is 25.0 Å². The summed E-state index contributed by atoms with van der Waals surface area (Å²) in [6, 6.07) is 11.3. The molecule has 3 N–H and O–H groups in total. The zero-order valence-electron chi connectivity index (χ0n) is 17.9. The highest BCUT2D eigenvalue weighted by molar-refractivity contribution is 6.30. The third-order valence-electron chi connectivity index (χ3n) is 5.75. The van der Waals surface area contributed by atoms with Crippen LogP contribution in [0.25, 0.3) is 10.8 Å². The van der Waals surface area contributed by atoms with E-state index in [1.165, 1.54) is 18.3 Å². The van der Waals surface area contributed by atoms with Crippen molar-refractivity contribution in [3.63, 3.8) is 0 Å². The minimum atomic E-state index is -0.745. The quantitative estimate of drug-likeness (QED) is 0.490. The van der Waals surface area contributed by atoms with Crippen molar-refractivity contribution in [1.82, 2.24) is 15.2 Å². The molecule has 9 heteroatoms. The molecule has 0 radical (unpaired) electrons. The van der Waals surface area contributed by atoms with E-state index in [1.54, 1.807) is 30.3 Å². The van der Waals surface area contributed by atoms with Gasteiger partial charge in [0.1, 0.15) is 17.7 Å². The minimum Gasteiger partial charge on any atom is -0.490 e. The van der Waals surface area contributed by atoms with Crippen LogP contribution in [-0.4, -0.2) is 59.3 Å². The number of β-amino-alcohol motifs (C(OH)–C–C–N with tert-alkyl or cyclic N) is 1. The maximum atomic E-state index is 13.6. The first-order chi connectivity index (χ1) is 15.9. The maximum Gasteiger partial charge on any atom is 0.255 e. The molecular weight excluding hydrogens is 449 g/mol. The number of pyridine rings is 1. The Kier molecular flexibility index (Phi) is 7.27. The number of nitrogens with zero attached hydrogens (tertiary/aromatic N) is 1. The summed E-state index contributed by atoms with van der Waals surface area (Å²) in [4.78, 5) is 29.2. The van der Waals surface area contributed by atoms with Crippen molar-refractivity contribution in [2.24, 2.45) is 0 Å². The minimum absolute atomic E-state index is 0.0350. The van der Waals surface area contributed by atoms with E-state index in [-0.39, 0.29) is 29.1 Å². The summed E-state index contributed by atoms with van der Waals surface area (Å²) in [5.74, 6) is -0.414. The van der Waals surface area contributed by atoms with E-state index in [4.69, 9.17) is 16.3 Å². The van der Waals surface area contributed by atoms with Gasteiger partial charge in [-0.2, -0.15) is 0 Å². The number of amides is 1. The van der Waals surface area contributed by atoms with Gasteiger partial charge in [-0.05, 0) is 31.0 Å². The normalized spacial score (nSPS) is 16.0. The summed E-state index contributed by atoms with van der Waals surface area (Å²) in [5.41, 5.74) is 0.102. The Morgan fingerprint density at radius 1 is 1.24 bits per heavy atom. The zero-order valence-corrected chi connectivity index (χ0v) is 18.6. The highest BCUT2D eigenvalue weighted by Gasteiger charge is 2.23. The van der Waals surface area contributed by atoms with Crippen molar-refractivity contribution in [2.75, 3.05) is 26.2 Å². The van der Waals surface area contributed by atoms with Gasteiger partial charge in [-0.3, -0.25) is 9.59 Å². The average Bonchev–Trinajstić information content (AvgIpc) is 2.82. The lowest BCUT2D eigenvalue weighted by Crippen LogP contribution is -2.45. The van der Waals surface area contributed by atoms with Crippen molar-refractivity contribution in [3.8, 4) is 5.75 Å². The SMILES string of the molecule is O=C(NC[C@@H](O)CN1CCC(Oc2ccc(Cl)c(F)c2)CC1)c1c[nH]c(=O)c2ccccc12. The molecule has 0 aliphatic carbocycles. The zero-order chi connectivity index (χ0) is 23.4. The Morgan fingerprint density at radius 3 is 2.70 bits per heavy atom. The third kappa shape index (κ3) is 5.71. The maximum absolute atomic E-state index is 13.6. The predicted molar refractivity (Wildman–Crippen MR) is 124 cm³/mol. The lowest BCUT2D eigenvalue weighted by molar-refractivity contribution is 0.0593. The summed E-state index contributed by atoms with van der Waals surface area (Å²) in [6.45, 7) is 1.94. The molecule has 1 amide bonds. The smallest absolute Gasteiger partial charge is 0.255 e. The third-order valence-corrected chi connectivity index (χ3v) is 6.06. The molecule has 0 saturated carbocycles. The van der Waals surface area contributed by atoms with Crippen LogP contribution in [0.2, 0.25) is 5.02 Å². The molecule has 1 atom stereocenters. The van der Waals surface area contributed by atoms with Crippen LogP contribution in [0.5, 0.6) is 5.75 Å². The Labute approximate surface area is 195 Å². The van der Waals surface area contributed by atoms with Crippen molar-refractivity contribution in [1.29, 1.82) is 0 Å². The molecule has 3 aromatic rings. The van der Waals surface area contributed by atoms with E-state index in [9.17, 15) is 19.1 Å². The van der Waals surface area contributed by atoms with Crippen molar-refractivity contribution in [3.05, 3.63) is 75.4 Å². The molecule has 7 nitrogen and oxygen atoms in total. The number of piperidine rings is 1. The number of hydrogen-bond acceptors (Lipinski definition) is 5. The van der Waals surface area contributed by atoms with Gasteiger partial charge >= 0.3 is 0 Å². The predicted octanol–water partition coefficient (Wildman–Crippen LogP) is 2.95. The Hall–Kier alpha value is -2.94. The molecule has 1 saturated heterocycles. The van der Waals surface area contributed by atoms with Crippen LogP contribution in [0.4, 0.5) is 4.39 Å². The van der Waals surface area contributed by atoms with Gasteiger partial charge < -0.3 is 25.0 Å². The van der Waals surface area contributed by atoms with Crippen LogP contribution in [-0.2, 0) is 0 Å². The lowest BCUT2D eigenvalue weighted by Gasteiger charge is -2.33. The Morgan fingerprint density at radius 2 is 1.97 bits per heavy atom. The van der Waals surface area contributed by atoms with Gasteiger partial charge in [0.2, 0.25) is 0 Å². The van der Waals surface area contributed by atoms with E-state index in [1.807, 2.05) is 0 Å². The van der Waals surface area contributed by atoms with Gasteiger partial charge in [0.05, 0.1) is 16.7 Å². The van der Waals surface area contributed by atoms with Crippen LogP contribution in [0.3, 0.4) is 0 Å². The molecule has 0 unspecified atom stereocenters. The number of benzene rings is 2. The highest BCUT2D eigenvalue weighted by Crippen LogP contribution is 2.24. The second-order valence-corrected chi connectivity index (χ2v) is 8.54. The van der Waals surface area contributed by atoms with Crippen LogP contribution >= 0.6 is 11.6 Å². The number of aliphatic hydroxyl groups is 1. The van der Waals surface area contributed by atoms with Crippen LogP contribution in [0.1, 0.15) is 23.2 Å². The summed E-state index contributed by atoms with van der Waals surface area (Å²) in [5, 5.41) is 14.2.